The van der Waals surface area contributed by atoms with E-state index in [1.54, 1.807) is 0 Å². The van der Waals surface area contributed by atoms with Gasteiger partial charge in [-0.05, 0) is 12.8 Å². The molecule has 0 bridgehead atoms. The molecule has 1 fully saturated rings. The van der Waals surface area contributed by atoms with E-state index in [4.69, 9.17) is 1.41 Å². The van der Waals surface area contributed by atoms with Crippen LogP contribution >= 0.6 is 0 Å². The molecule has 0 heterocycles. The Bertz CT molecular complexity index is 171. The Kier molecular flexibility index (Phi) is 1.66. The molecule has 10 heavy (non-hydrogen) atoms. The Balaban J connectivity index is 2.39. The number of carbonyl (C=O) groups excluding carboxylic acids is 2. The van der Waals surface area contributed by atoms with Crippen LogP contribution in [0.4, 0.5) is 0 Å². The zero-order chi connectivity index (χ0) is 8.27. The predicted molar refractivity (Wildman–Crippen MR) is 36.2 cm³/mol. The third-order valence-corrected chi connectivity index (χ3v) is 1.91. The summed E-state index contributed by atoms with van der Waals surface area (Å²) in [6, 6.07) is 0. The van der Waals surface area contributed by atoms with Crippen molar-refractivity contribution in [3.63, 3.8) is 0 Å². The number of hydrogen-bond donors (Lipinski definition) is 1. The van der Waals surface area contributed by atoms with Gasteiger partial charge >= 0.3 is 0 Å². The van der Waals surface area contributed by atoms with Gasteiger partial charge in [0, 0.05) is 18.8 Å². The topological polar surface area (TPSA) is 60.2 Å². The van der Waals surface area contributed by atoms with Crippen LogP contribution in [0.5, 0.6) is 0 Å². The van der Waals surface area contributed by atoms with Gasteiger partial charge in [0.05, 0.1) is 0 Å². The fraction of sp³-hybridized carbons (Fsp3) is 0.714. The monoisotopic (exact) mass is 142 g/mol. The number of primary amides is 1. The molecule has 0 atom stereocenters. The Labute approximate surface area is 61.0 Å². The number of carbonyl (C=O) groups is 2. The lowest BCUT2D eigenvalue weighted by molar-refractivity contribution is -0.126. The summed E-state index contributed by atoms with van der Waals surface area (Å²) in [5.41, 5.74) is 1.85. The Morgan fingerprint density at radius 3 is 2.70 bits per heavy atom. The van der Waals surface area contributed by atoms with Gasteiger partial charge in [-0.2, -0.15) is 0 Å². The van der Waals surface area contributed by atoms with Crippen LogP contribution in [-0.2, 0) is 9.59 Å². The second-order valence-electron chi connectivity index (χ2n) is 2.68. The highest BCUT2D eigenvalue weighted by Gasteiger charge is 2.22. The Morgan fingerprint density at radius 2 is 2.20 bits per heavy atom. The number of Topliss-reactive ketones (excluding diaryl/α,β-unsaturated/α-hetero) is 1. The molecule has 0 spiro atoms. The quantitative estimate of drug-likeness (QED) is 0.569. The van der Waals surface area contributed by atoms with Gasteiger partial charge in [-0.3, -0.25) is 9.59 Å². The van der Waals surface area contributed by atoms with Crippen LogP contribution in [0.15, 0.2) is 0 Å². The van der Waals surface area contributed by atoms with Crippen molar-refractivity contribution in [2.45, 2.75) is 25.7 Å². The number of amides is 1. The summed E-state index contributed by atoms with van der Waals surface area (Å²) in [7, 11) is 0. The van der Waals surface area contributed by atoms with Crippen molar-refractivity contribution in [2.75, 3.05) is 0 Å². The van der Waals surface area contributed by atoms with E-state index in [0.29, 0.717) is 25.7 Å². The van der Waals surface area contributed by atoms with Crippen molar-refractivity contribution < 1.29 is 11.0 Å². The number of hydrogen-bond acceptors (Lipinski definition) is 2. The molecule has 1 saturated carbocycles. The summed E-state index contributed by atoms with van der Waals surface area (Å²) in [6.07, 6.45) is 2.23. The molecule has 0 unspecified atom stereocenters. The van der Waals surface area contributed by atoms with Crippen molar-refractivity contribution in [1.29, 1.82) is 0 Å². The summed E-state index contributed by atoms with van der Waals surface area (Å²) in [4.78, 5) is 21.6. The predicted octanol–water partition coefficient (Wildman–Crippen LogP) is 0.231. The smallest absolute Gasteiger partial charge is 0.220 e. The lowest BCUT2D eigenvalue weighted by atomic mass is 9.88. The average molecular weight is 142 g/mol. The van der Waals surface area contributed by atoms with E-state index in [0.717, 1.165) is 0 Å². The van der Waals surface area contributed by atoms with Crippen molar-refractivity contribution in [3.05, 3.63) is 0 Å². The molecule has 1 rings (SSSR count). The van der Waals surface area contributed by atoms with Gasteiger partial charge in [0.15, 0.2) is 1.41 Å². The largest absolute Gasteiger partial charge is 0.369 e. The second kappa shape index (κ2) is 2.82. The van der Waals surface area contributed by atoms with Crippen LogP contribution in [0, 0.1) is 5.92 Å². The van der Waals surface area contributed by atoms with E-state index in [9.17, 15) is 9.59 Å². The summed E-state index contributed by atoms with van der Waals surface area (Å²) in [5.74, 6) is -0.123. The van der Waals surface area contributed by atoms with Gasteiger partial charge in [0.2, 0.25) is 5.91 Å². The maximum Gasteiger partial charge on any atom is 0.220 e. The van der Waals surface area contributed by atoms with E-state index in [2.05, 4.69) is 0 Å². The van der Waals surface area contributed by atoms with E-state index in [1.165, 1.54) is 0 Å². The third-order valence-electron chi connectivity index (χ3n) is 1.91. The maximum atomic E-state index is 10.9. The van der Waals surface area contributed by atoms with Crippen molar-refractivity contribution in [3.8, 4) is 0 Å². The number of ketones is 1. The molecule has 0 aromatic carbocycles. The standard InChI is InChI=1S/C7H11NO2/c8-7(10)5-1-3-6(9)4-2-5/h5H,1-4H2,(H2,8,10)/i/hD. The highest BCUT2D eigenvalue weighted by molar-refractivity contribution is 5.83. The first-order valence-corrected chi connectivity index (χ1v) is 3.47. The number of rotatable bonds is 1. The summed E-state index contributed by atoms with van der Waals surface area (Å²) >= 11 is 0. The molecule has 0 aromatic heterocycles. The van der Waals surface area contributed by atoms with Crippen molar-refractivity contribution in [1.82, 2.24) is 0 Å². The minimum atomic E-state index is -0.252. The normalized spacial score (nSPS) is 22.0. The van der Waals surface area contributed by atoms with Gasteiger partial charge in [-0.1, -0.05) is 0 Å². The van der Waals surface area contributed by atoms with Crippen LogP contribution in [0.25, 0.3) is 0 Å². The molecule has 1 aliphatic carbocycles. The van der Waals surface area contributed by atoms with Crippen LogP contribution < -0.4 is 5.73 Å². The zero-order valence-corrected chi connectivity index (χ0v) is 5.72. The first-order chi connectivity index (χ1) is 5.24. The highest BCUT2D eigenvalue weighted by atomic mass is 16.1. The average Bonchev–Trinajstić information content (AvgIpc) is 2.05. The fourth-order valence-corrected chi connectivity index (χ4v) is 1.20. The molecule has 56 valence electrons. The summed E-state index contributed by atoms with van der Waals surface area (Å²) in [5, 5.41) is 0. The van der Waals surface area contributed by atoms with Gasteiger partial charge < -0.3 is 5.73 Å². The molecule has 2 N–H and O–H groups in total. The molecular formula is C7H11NO2. The molecule has 0 radical (unpaired) electrons. The minimum absolute atomic E-state index is 0.106. The maximum absolute atomic E-state index is 10.9. The SMILES string of the molecule is [2H]NC(=O)C1CCC(=O)CC1. The van der Waals surface area contributed by atoms with E-state index in [1.807, 2.05) is 5.73 Å². The van der Waals surface area contributed by atoms with Crippen LogP contribution in [-0.4, -0.2) is 11.7 Å². The molecular weight excluding hydrogens is 130 g/mol. The van der Waals surface area contributed by atoms with E-state index >= 15 is 0 Å². The zero-order valence-electron chi connectivity index (χ0n) is 6.72. The van der Waals surface area contributed by atoms with Gasteiger partial charge in [0.1, 0.15) is 5.78 Å². The molecule has 3 nitrogen and oxygen atoms in total. The molecule has 1 amide bonds. The molecule has 0 aromatic rings. The first kappa shape index (κ1) is 5.89. The van der Waals surface area contributed by atoms with Crippen LogP contribution in [0.2, 0.25) is 1.41 Å². The Morgan fingerprint density at radius 1 is 1.60 bits per heavy atom. The molecule has 0 aliphatic heterocycles. The fourth-order valence-electron chi connectivity index (χ4n) is 1.20. The molecule has 3 heteroatoms. The minimum Gasteiger partial charge on any atom is -0.369 e. The lowest BCUT2D eigenvalue weighted by Gasteiger charge is -2.16. The van der Waals surface area contributed by atoms with Crippen LogP contribution in [0.3, 0.4) is 0 Å². The summed E-state index contributed by atoms with van der Waals surface area (Å²) in [6.45, 7) is 0. The van der Waals surface area contributed by atoms with E-state index < -0.39 is 0 Å². The van der Waals surface area contributed by atoms with Gasteiger partial charge in [-0.25, -0.2) is 0 Å². The number of nitrogens with two attached hydrogens (primary N) is 1. The third kappa shape index (κ3) is 1.56. The lowest BCUT2D eigenvalue weighted by Crippen LogP contribution is -2.27. The van der Waals surface area contributed by atoms with Crippen molar-refractivity contribution in [2.24, 2.45) is 11.6 Å². The molecule has 0 saturated heterocycles. The Hall–Kier alpha value is -0.860. The van der Waals surface area contributed by atoms with Crippen LogP contribution in [0.1, 0.15) is 25.7 Å². The van der Waals surface area contributed by atoms with Gasteiger partial charge in [-0.15, -0.1) is 0 Å². The summed E-state index contributed by atoms with van der Waals surface area (Å²) < 4.78 is 6.61. The van der Waals surface area contributed by atoms with Crippen molar-refractivity contribution >= 4 is 11.7 Å². The van der Waals surface area contributed by atoms with E-state index in [-0.39, 0.29) is 17.6 Å². The highest BCUT2D eigenvalue weighted by Crippen LogP contribution is 2.20. The van der Waals surface area contributed by atoms with Gasteiger partial charge in [0.25, 0.3) is 0 Å². The molecule has 1 aliphatic rings. The first-order valence-electron chi connectivity index (χ1n) is 3.97. The second-order valence-corrected chi connectivity index (χ2v) is 2.68.